The van der Waals surface area contributed by atoms with E-state index in [1.807, 2.05) is 6.92 Å². The summed E-state index contributed by atoms with van der Waals surface area (Å²) in [5.41, 5.74) is 2.17. The molecule has 0 saturated carbocycles. The van der Waals surface area contributed by atoms with Crippen molar-refractivity contribution < 1.29 is 0 Å². The van der Waals surface area contributed by atoms with Crippen LogP contribution in [0.25, 0.3) is 0 Å². The van der Waals surface area contributed by atoms with Gasteiger partial charge in [-0.3, -0.25) is 0 Å². The summed E-state index contributed by atoms with van der Waals surface area (Å²) in [5.74, 6) is 2.00. The fraction of sp³-hybridized carbons (Fsp3) is 0.750. The van der Waals surface area contributed by atoms with E-state index in [1.165, 1.54) is 32.5 Å². The molecule has 1 fully saturated rings. The van der Waals surface area contributed by atoms with E-state index in [-0.39, 0.29) is 0 Å². The van der Waals surface area contributed by atoms with Gasteiger partial charge >= 0.3 is 0 Å². The first kappa shape index (κ1) is 15.2. The lowest BCUT2D eigenvalue weighted by molar-refractivity contribution is 0.198. The minimum atomic E-state index is 0.449. The Kier molecular flexibility index (Phi) is 5.35. The van der Waals surface area contributed by atoms with Gasteiger partial charge in [0.25, 0.3) is 0 Å². The van der Waals surface area contributed by atoms with Gasteiger partial charge in [-0.2, -0.15) is 0 Å². The third-order valence-corrected chi connectivity index (χ3v) is 4.17. The second-order valence-electron chi connectivity index (χ2n) is 6.17. The van der Waals surface area contributed by atoms with E-state index in [9.17, 15) is 0 Å². The van der Waals surface area contributed by atoms with Crippen molar-refractivity contribution in [2.75, 3.05) is 31.5 Å². The van der Waals surface area contributed by atoms with Crippen LogP contribution >= 0.6 is 0 Å². The average molecular weight is 276 g/mol. The SMILES string of the molecule is CCN1CCC(CNc2nc(C)cc(C(C)C)n2)CC1. The summed E-state index contributed by atoms with van der Waals surface area (Å²) in [7, 11) is 0. The molecule has 1 aliphatic rings. The summed E-state index contributed by atoms with van der Waals surface area (Å²) < 4.78 is 0. The lowest BCUT2D eigenvalue weighted by Crippen LogP contribution is -2.35. The first-order valence-corrected chi connectivity index (χ1v) is 7.90. The molecule has 1 saturated heterocycles. The maximum Gasteiger partial charge on any atom is 0.223 e. The molecule has 2 heterocycles. The molecule has 0 aromatic carbocycles. The Morgan fingerprint density at radius 1 is 1.30 bits per heavy atom. The quantitative estimate of drug-likeness (QED) is 0.897. The molecule has 0 atom stereocenters. The topological polar surface area (TPSA) is 41.0 Å². The Bertz CT molecular complexity index is 422. The number of hydrogen-bond donors (Lipinski definition) is 1. The first-order valence-electron chi connectivity index (χ1n) is 7.90. The zero-order valence-corrected chi connectivity index (χ0v) is 13.3. The number of likely N-dealkylation sites (tertiary alicyclic amines) is 1. The van der Waals surface area contributed by atoms with Crippen LogP contribution in [0.15, 0.2) is 6.07 Å². The van der Waals surface area contributed by atoms with Gasteiger partial charge in [0.15, 0.2) is 0 Å². The zero-order chi connectivity index (χ0) is 14.5. The molecule has 112 valence electrons. The van der Waals surface area contributed by atoms with E-state index in [1.54, 1.807) is 0 Å². The molecule has 0 radical (unpaired) electrons. The van der Waals surface area contributed by atoms with E-state index >= 15 is 0 Å². The summed E-state index contributed by atoms with van der Waals surface area (Å²) in [6.07, 6.45) is 2.56. The van der Waals surface area contributed by atoms with E-state index < -0.39 is 0 Å². The summed E-state index contributed by atoms with van der Waals surface area (Å²) in [5, 5.41) is 3.44. The van der Waals surface area contributed by atoms with Crippen molar-refractivity contribution in [1.29, 1.82) is 0 Å². The predicted octanol–water partition coefficient (Wildman–Crippen LogP) is 3.05. The molecule has 0 unspecified atom stereocenters. The highest BCUT2D eigenvalue weighted by Crippen LogP contribution is 2.18. The molecule has 0 spiro atoms. The number of aromatic nitrogens is 2. The molecule has 1 aliphatic heterocycles. The van der Waals surface area contributed by atoms with Gasteiger partial charge in [-0.15, -0.1) is 0 Å². The number of rotatable bonds is 5. The second kappa shape index (κ2) is 7.02. The predicted molar refractivity (Wildman–Crippen MR) is 84.2 cm³/mol. The van der Waals surface area contributed by atoms with Crippen LogP contribution in [0, 0.1) is 12.8 Å². The van der Waals surface area contributed by atoms with E-state index in [2.05, 4.69) is 47.0 Å². The standard InChI is InChI=1S/C16H28N4/c1-5-20-8-6-14(7-9-20)11-17-16-18-13(4)10-15(19-16)12(2)3/h10,12,14H,5-9,11H2,1-4H3,(H,17,18,19). The largest absolute Gasteiger partial charge is 0.354 e. The van der Waals surface area contributed by atoms with Crippen molar-refractivity contribution in [2.45, 2.75) is 46.5 Å². The third-order valence-electron chi connectivity index (χ3n) is 4.17. The van der Waals surface area contributed by atoms with Crippen LogP contribution in [-0.2, 0) is 0 Å². The van der Waals surface area contributed by atoms with Crippen LogP contribution in [0.4, 0.5) is 5.95 Å². The molecule has 20 heavy (non-hydrogen) atoms. The first-order chi connectivity index (χ1) is 9.58. The summed E-state index contributed by atoms with van der Waals surface area (Å²) >= 11 is 0. The maximum absolute atomic E-state index is 4.62. The molecular formula is C16H28N4. The molecule has 2 rings (SSSR count). The molecule has 4 nitrogen and oxygen atoms in total. The summed E-state index contributed by atoms with van der Waals surface area (Å²) in [4.78, 5) is 11.6. The van der Waals surface area contributed by atoms with Gasteiger partial charge in [0.1, 0.15) is 0 Å². The van der Waals surface area contributed by atoms with Crippen LogP contribution in [0.2, 0.25) is 0 Å². The highest BCUT2D eigenvalue weighted by atomic mass is 15.1. The van der Waals surface area contributed by atoms with E-state index in [4.69, 9.17) is 0 Å². The second-order valence-corrected chi connectivity index (χ2v) is 6.17. The Hall–Kier alpha value is -1.16. The molecule has 0 bridgehead atoms. The highest BCUT2D eigenvalue weighted by molar-refractivity contribution is 5.29. The number of nitrogens with one attached hydrogen (secondary N) is 1. The Morgan fingerprint density at radius 2 is 2.00 bits per heavy atom. The van der Waals surface area contributed by atoms with Crippen molar-refractivity contribution in [3.05, 3.63) is 17.5 Å². The fourth-order valence-electron chi connectivity index (χ4n) is 2.71. The zero-order valence-electron chi connectivity index (χ0n) is 13.3. The van der Waals surface area contributed by atoms with Crippen molar-refractivity contribution in [1.82, 2.24) is 14.9 Å². The number of hydrogen-bond acceptors (Lipinski definition) is 4. The number of aryl methyl sites for hydroxylation is 1. The Labute approximate surface area is 123 Å². The third kappa shape index (κ3) is 4.17. The van der Waals surface area contributed by atoms with Crippen molar-refractivity contribution in [3.8, 4) is 0 Å². The fourth-order valence-corrected chi connectivity index (χ4v) is 2.71. The highest BCUT2D eigenvalue weighted by Gasteiger charge is 2.18. The molecule has 0 aliphatic carbocycles. The van der Waals surface area contributed by atoms with Gasteiger partial charge in [0.2, 0.25) is 5.95 Å². The normalized spacial score (nSPS) is 17.6. The van der Waals surface area contributed by atoms with E-state index in [0.29, 0.717) is 5.92 Å². The van der Waals surface area contributed by atoms with Gasteiger partial charge < -0.3 is 10.2 Å². The van der Waals surface area contributed by atoms with Gasteiger partial charge in [0.05, 0.1) is 0 Å². The van der Waals surface area contributed by atoms with Crippen LogP contribution < -0.4 is 5.32 Å². The number of piperidine rings is 1. The lowest BCUT2D eigenvalue weighted by atomic mass is 9.97. The van der Waals surface area contributed by atoms with Crippen molar-refractivity contribution in [3.63, 3.8) is 0 Å². The number of nitrogens with zero attached hydrogens (tertiary/aromatic N) is 3. The van der Waals surface area contributed by atoms with Crippen LogP contribution in [0.1, 0.15) is 50.9 Å². The summed E-state index contributed by atoms with van der Waals surface area (Å²) in [6, 6.07) is 2.08. The molecule has 1 aromatic heterocycles. The van der Waals surface area contributed by atoms with Crippen LogP contribution in [0.5, 0.6) is 0 Å². The minimum Gasteiger partial charge on any atom is -0.354 e. The Balaban J connectivity index is 1.88. The maximum atomic E-state index is 4.62. The molecule has 0 amide bonds. The lowest BCUT2D eigenvalue weighted by Gasteiger charge is -2.31. The molecule has 1 N–H and O–H groups in total. The van der Waals surface area contributed by atoms with Crippen LogP contribution in [-0.4, -0.2) is 41.0 Å². The smallest absolute Gasteiger partial charge is 0.223 e. The van der Waals surface area contributed by atoms with Gasteiger partial charge in [-0.05, 0) is 57.3 Å². The minimum absolute atomic E-state index is 0.449. The van der Waals surface area contributed by atoms with Gasteiger partial charge in [-0.1, -0.05) is 20.8 Å². The number of anilines is 1. The Morgan fingerprint density at radius 3 is 2.60 bits per heavy atom. The van der Waals surface area contributed by atoms with E-state index in [0.717, 1.165) is 29.8 Å². The average Bonchev–Trinajstić information content (AvgIpc) is 2.45. The van der Waals surface area contributed by atoms with Crippen LogP contribution in [0.3, 0.4) is 0 Å². The summed E-state index contributed by atoms with van der Waals surface area (Å²) in [6.45, 7) is 13.3. The van der Waals surface area contributed by atoms with Gasteiger partial charge in [0, 0.05) is 17.9 Å². The van der Waals surface area contributed by atoms with Crippen molar-refractivity contribution in [2.24, 2.45) is 5.92 Å². The monoisotopic (exact) mass is 276 g/mol. The molecular weight excluding hydrogens is 248 g/mol. The van der Waals surface area contributed by atoms with Gasteiger partial charge in [-0.25, -0.2) is 9.97 Å². The molecule has 1 aromatic rings. The molecule has 4 heteroatoms. The van der Waals surface area contributed by atoms with Crippen molar-refractivity contribution >= 4 is 5.95 Å².